The molecule has 1 aliphatic rings. The number of H-pyrrole nitrogens is 1. The zero-order chi connectivity index (χ0) is 21.5. The third kappa shape index (κ3) is 5.16. The molecule has 30 heavy (non-hydrogen) atoms. The van der Waals surface area contributed by atoms with Gasteiger partial charge in [-0.2, -0.15) is 5.10 Å². The van der Waals surface area contributed by atoms with Crippen LogP contribution in [0.5, 0.6) is 11.5 Å². The number of carbonyl (C=O) groups is 2. The number of hydrogen-bond donors (Lipinski definition) is 1. The zero-order valence-electron chi connectivity index (χ0n) is 17.2. The third-order valence-electron chi connectivity index (χ3n) is 5.11. The number of aromatic nitrogens is 2. The van der Waals surface area contributed by atoms with Gasteiger partial charge in [0.2, 0.25) is 5.91 Å². The first-order valence-corrected chi connectivity index (χ1v) is 9.85. The molecule has 2 amide bonds. The average molecular weight is 414 g/mol. The van der Waals surface area contributed by atoms with Gasteiger partial charge in [0.15, 0.2) is 11.5 Å². The van der Waals surface area contributed by atoms with Crippen molar-refractivity contribution in [3.05, 3.63) is 51.9 Å². The summed E-state index contributed by atoms with van der Waals surface area (Å²) in [5.74, 6) is 1.11. The minimum absolute atomic E-state index is 0.0567. The summed E-state index contributed by atoms with van der Waals surface area (Å²) in [6.07, 6.45) is 1.67. The summed E-state index contributed by atoms with van der Waals surface area (Å²) in [6.45, 7) is 2.05. The van der Waals surface area contributed by atoms with E-state index in [1.165, 1.54) is 12.1 Å². The van der Waals surface area contributed by atoms with Gasteiger partial charge in [-0.1, -0.05) is 6.07 Å². The van der Waals surface area contributed by atoms with E-state index in [2.05, 4.69) is 10.2 Å². The lowest BCUT2D eigenvalue weighted by Gasteiger charge is -2.22. The summed E-state index contributed by atoms with van der Waals surface area (Å²) in [4.78, 5) is 39.9. The van der Waals surface area contributed by atoms with E-state index in [0.717, 1.165) is 5.56 Å². The van der Waals surface area contributed by atoms with Crippen LogP contribution in [-0.4, -0.2) is 72.2 Å². The maximum atomic E-state index is 12.7. The van der Waals surface area contributed by atoms with Crippen molar-refractivity contribution in [1.29, 1.82) is 0 Å². The molecule has 0 spiro atoms. The lowest BCUT2D eigenvalue weighted by molar-refractivity contribution is -0.131. The van der Waals surface area contributed by atoms with E-state index in [9.17, 15) is 14.4 Å². The van der Waals surface area contributed by atoms with Gasteiger partial charge in [0.05, 0.1) is 14.2 Å². The second-order valence-electron chi connectivity index (χ2n) is 7.02. The molecule has 1 aliphatic heterocycles. The van der Waals surface area contributed by atoms with Crippen LogP contribution in [0, 0.1) is 0 Å². The quantitative estimate of drug-likeness (QED) is 0.759. The number of amides is 2. The van der Waals surface area contributed by atoms with Gasteiger partial charge in [-0.25, -0.2) is 5.10 Å². The SMILES string of the molecule is COc1ccc(CCC(=O)N2CCCN(C(=O)c3ccc(=O)[nH]n3)CC2)cc1OC. The number of carbonyl (C=O) groups excluding carboxylic acids is 2. The van der Waals surface area contributed by atoms with Crippen molar-refractivity contribution >= 4 is 11.8 Å². The molecule has 160 valence electrons. The van der Waals surface area contributed by atoms with Crippen LogP contribution < -0.4 is 15.0 Å². The first-order chi connectivity index (χ1) is 14.5. The zero-order valence-corrected chi connectivity index (χ0v) is 17.2. The molecule has 0 radical (unpaired) electrons. The van der Waals surface area contributed by atoms with Crippen LogP contribution >= 0.6 is 0 Å². The highest BCUT2D eigenvalue weighted by Crippen LogP contribution is 2.28. The maximum absolute atomic E-state index is 12.7. The number of benzene rings is 1. The molecule has 0 saturated carbocycles. The highest BCUT2D eigenvalue weighted by Gasteiger charge is 2.23. The first-order valence-electron chi connectivity index (χ1n) is 9.85. The Kier molecular flexibility index (Phi) is 7.05. The van der Waals surface area contributed by atoms with Crippen molar-refractivity contribution in [3.8, 4) is 11.5 Å². The van der Waals surface area contributed by atoms with Crippen molar-refractivity contribution in [3.63, 3.8) is 0 Å². The Balaban J connectivity index is 1.54. The lowest BCUT2D eigenvalue weighted by atomic mass is 10.1. The molecule has 0 bridgehead atoms. The molecular formula is C21H26N4O5. The Morgan fingerprint density at radius 2 is 1.73 bits per heavy atom. The van der Waals surface area contributed by atoms with Crippen LogP contribution in [0.25, 0.3) is 0 Å². The van der Waals surface area contributed by atoms with Crippen molar-refractivity contribution in [2.75, 3.05) is 40.4 Å². The largest absolute Gasteiger partial charge is 0.493 e. The first kappa shape index (κ1) is 21.4. The van der Waals surface area contributed by atoms with E-state index in [1.54, 1.807) is 24.0 Å². The summed E-state index contributed by atoms with van der Waals surface area (Å²) in [5, 5.41) is 6.07. The summed E-state index contributed by atoms with van der Waals surface area (Å²) < 4.78 is 10.6. The van der Waals surface area contributed by atoms with Gasteiger partial charge in [0.25, 0.3) is 11.5 Å². The van der Waals surface area contributed by atoms with E-state index in [0.29, 0.717) is 56.9 Å². The Morgan fingerprint density at radius 1 is 1.00 bits per heavy atom. The fourth-order valence-corrected chi connectivity index (χ4v) is 3.44. The number of hydrogen-bond acceptors (Lipinski definition) is 6. The van der Waals surface area contributed by atoms with Gasteiger partial charge in [0, 0.05) is 38.7 Å². The predicted octanol–water partition coefficient (Wildman–Crippen LogP) is 1.09. The standard InChI is InChI=1S/C21H26N4O5/c1-29-17-7-4-15(14-18(17)30-2)5-9-20(27)24-10-3-11-25(13-12-24)21(28)16-6-8-19(26)23-22-16/h4,6-8,14H,3,5,9-13H2,1-2H3,(H,23,26). The van der Waals surface area contributed by atoms with Crippen molar-refractivity contribution in [2.45, 2.75) is 19.3 Å². The maximum Gasteiger partial charge on any atom is 0.274 e. The topological polar surface area (TPSA) is 105 Å². The Morgan fingerprint density at radius 3 is 2.43 bits per heavy atom. The van der Waals surface area contributed by atoms with E-state index in [-0.39, 0.29) is 23.1 Å². The summed E-state index contributed by atoms with van der Waals surface area (Å²) in [7, 11) is 3.17. The van der Waals surface area contributed by atoms with Gasteiger partial charge >= 0.3 is 0 Å². The van der Waals surface area contributed by atoms with E-state index in [1.807, 2.05) is 18.2 Å². The summed E-state index contributed by atoms with van der Waals surface area (Å²) in [5.41, 5.74) is 0.841. The molecule has 2 aromatic rings. The van der Waals surface area contributed by atoms with Crippen LogP contribution in [-0.2, 0) is 11.2 Å². The number of rotatable bonds is 6. The van der Waals surface area contributed by atoms with Gasteiger partial charge in [-0.3, -0.25) is 14.4 Å². The van der Waals surface area contributed by atoms with Crippen LogP contribution in [0.15, 0.2) is 35.1 Å². The molecule has 1 fully saturated rings. The molecule has 1 saturated heterocycles. The summed E-state index contributed by atoms with van der Waals surface area (Å²) in [6, 6.07) is 8.33. The molecule has 9 heteroatoms. The van der Waals surface area contributed by atoms with Crippen molar-refractivity contribution in [2.24, 2.45) is 0 Å². The molecule has 0 atom stereocenters. The minimum Gasteiger partial charge on any atom is -0.493 e. The smallest absolute Gasteiger partial charge is 0.274 e. The van der Waals surface area contributed by atoms with E-state index >= 15 is 0 Å². The predicted molar refractivity (Wildman–Crippen MR) is 110 cm³/mol. The van der Waals surface area contributed by atoms with Gasteiger partial charge in [0.1, 0.15) is 5.69 Å². The number of aryl methyl sites for hydroxylation is 1. The fraction of sp³-hybridized carbons (Fsp3) is 0.429. The van der Waals surface area contributed by atoms with Crippen LogP contribution in [0.1, 0.15) is 28.9 Å². The monoisotopic (exact) mass is 414 g/mol. The third-order valence-corrected chi connectivity index (χ3v) is 5.11. The second-order valence-corrected chi connectivity index (χ2v) is 7.02. The molecule has 3 rings (SSSR count). The Hall–Kier alpha value is -3.36. The molecule has 0 unspecified atom stereocenters. The highest BCUT2D eigenvalue weighted by molar-refractivity contribution is 5.92. The van der Waals surface area contributed by atoms with Gasteiger partial charge < -0.3 is 19.3 Å². The molecule has 1 aromatic heterocycles. The van der Waals surface area contributed by atoms with E-state index < -0.39 is 0 Å². The van der Waals surface area contributed by atoms with Crippen LogP contribution in [0.4, 0.5) is 0 Å². The van der Waals surface area contributed by atoms with Crippen LogP contribution in [0.2, 0.25) is 0 Å². The number of ether oxygens (including phenoxy) is 2. The Bertz CT molecular complexity index is 938. The Labute approximate surface area is 174 Å². The highest BCUT2D eigenvalue weighted by atomic mass is 16.5. The van der Waals surface area contributed by atoms with Crippen molar-refractivity contribution < 1.29 is 19.1 Å². The molecule has 9 nitrogen and oxygen atoms in total. The molecule has 2 heterocycles. The van der Waals surface area contributed by atoms with E-state index in [4.69, 9.17) is 9.47 Å². The van der Waals surface area contributed by atoms with Gasteiger partial charge in [-0.15, -0.1) is 0 Å². The molecule has 1 N–H and O–H groups in total. The molecular weight excluding hydrogens is 388 g/mol. The normalized spacial score (nSPS) is 14.2. The fourth-order valence-electron chi connectivity index (χ4n) is 3.44. The second kappa shape index (κ2) is 9.91. The summed E-state index contributed by atoms with van der Waals surface area (Å²) >= 11 is 0. The van der Waals surface area contributed by atoms with Crippen LogP contribution in [0.3, 0.4) is 0 Å². The average Bonchev–Trinajstić information content (AvgIpc) is 3.03. The molecule has 0 aliphatic carbocycles. The van der Waals surface area contributed by atoms with Crippen molar-refractivity contribution in [1.82, 2.24) is 20.0 Å². The number of methoxy groups -OCH3 is 2. The number of nitrogens with one attached hydrogen (secondary N) is 1. The molecule has 1 aromatic carbocycles. The lowest BCUT2D eigenvalue weighted by Crippen LogP contribution is -2.38. The minimum atomic E-state index is -0.353. The number of nitrogens with zero attached hydrogens (tertiary/aromatic N) is 3. The number of aromatic amines is 1. The van der Waals surface area contributed by atoms with Gasteiger partial charge in [-0.05, 0) is 36.6 Å².